The van der Waals surface area contributed by atoms with E-state index in [1.807, 2.05) is 24.3 Å². The van der Waals surface area contributed by atoms with Gasteiger partial charge >= 0.3 is 0 Å². The molecule has 2 rings (SSSR count). The van der Waals surface area contributed by atoms with Crippen LogP contribution in [0.1, 0.15) is 37.3 Å². The second-order valence-corrected chi connectivity index (χ2v) is 4.76. The van der Waals surface area contributed by atoms with Crippen LogP contribution in [-0.2, 0) is 0 Å². The molecule has 3 heteroatoms. The number of rotatable bonds is 3. The van der Waals surface area contributed by atoms with Gasteiger partial charge in [-0.25, -0.2) is 0 Å². The van der Waals surface area contributed by atoms with E-state index in [0.29, 0.717) is 0 Å². The number of nitriles is 1. The Morgan fingerprint density at radius 1 is 1.22 bits per heavy atom. The minimum atomic E-state index is -0.141. The first-order valence-electron chi connectivity index (χ1n) is 6.63. The second kappa shape index (κ2) is 6.42. The van der Waals surface area contributed by atoms with E-state index in [-0.39, 0.29) is 6.04 Å². The summed E-state index contributed by atoms with van der Waals surface area (Å²) in [6, 6.07) is 10.2. The summed E-state index contributed by atoms with van der Waals surface area (Å²) in [6.45, 7) is 2.05. The van der Waals surface area contributed by atoms with Crippen molar-refractivity contribution >= 4 is 0 Å². The number of methoxy groups -OCH3 is 1. The third-order valence-electron chi connectivity index (χ3n) is 3.54. The van der Waals surface area contributed by atoms with E-state index >= 15 is 0 Å². The van der Waals surface area contributed by atoms with Crippen LogP contribution < -0.4 is 4.74 Å². The lowest BCUT2D eigenvalue weighted by Crippen LogP contribution is -2.28. The van der Waals surface area contributed by atoms with Crippen molar-refractivity contribution in [3.05, 3.63) is 29.8 Å². The molecule has 0 amide bonds. The maximum Gasteiger partial charge on any atom is 0.123 e. The van der Waals surface area contributed by atoms with Crippen LogP contribution in [-0.4, -0.2) is 25.1 Å². The Bertz CT molecular complexity index is 417. The van der Waals surface area contributed by atoms with E-state index in [1.54, 1.807) is 7.11 Å². The molecule has 1 aliphatic rings. The zero-order valence-electron chi connectivity index (χ0n) is 10.9. The van der Waals surface area contributed by atoms with Gasteiger partial charge < -0.3 is 4.74 Å². The highest BCUT2D eigenvalue weighted by Gasteiger charge is 2.21. The summed E-state index contributed by atoms with van der Waals surface area (Å²) in [5, 5.41) is 9.45. The molecule has 0 bridgehead atoms. The Hall–Kier alpha value is -1.53. The van der Waals surface area contributed by atoms with Crippen molar-refractivity contribution in [3.63, 3.8) is 0 Å². The predicted octanol–water partition coefficient (Wildman–Crippen LogP) is 3.14. The molecule has 0 saturated carbocycles. The molecule has 96 valence electrons. The summed E-state index contributed by atoms with van der Waals surface area (Å²) in [5.41, 5.74) is 1.04. The first kappa shape index (κ1) is 12.9. The van der Waals surface area contributed by atoms with Gasteiger partial charge in [0.1, 0.15) is 11.8 Å². The van der Waals surface area contributed by atoms with Gasteiger partial charge in [-0.15, -0.1) is 0 Å². The van der Waals surface area contributed by atoms with Crippen LogP contribution in [0.4, 0.5) is 0 Å². The molecule has 1 atom stereocenters. The molecule has 1 fully saturated rings. The highest BCUT2D eigenvalue weighted by atomic mass is 16.5. The average Bonchev–Trinajstić information content (AvgIpc) is 2.69. The molecular formula is C15H20N2O. The number of hydrogen-bond acceptors (Lipinski definition) is 3. The number of likely N-dealkylation sites (tertiary alicyclic amines) is 1. The lowest BCUT2D eigenvalue weighted by atomic mass is 10.1. The van der Waals surface area contributed by atoms with Crippen LogP contribution in [0.15, 0.2) is 24.3 Å². The Labute approximate surface area is 109 Å². The van der Waals surface area contributed by atoms with E-state index in [0.717, 1.165) is 24.4 Å². The van der Waals surface area contributed by atoms with Crippen molar-refractivity contribution < 1.29 is 4.74 Å². The van der Waals surface area contributed by atoms with E-state index in [2.05, 4.69) is 11.0 Å². The van der Waals surface area contributed by atoms with Crippen molar-refractivity contribution in [1.29, 1.82) is 5.26 Å². The Kier molecular flexibility index (Phi) is 4.60. The maximum absolute atomic E-state index is 9.45. The van der Waals surface area contributed by atoms with Crippen LogP contribution in [0.5, 0.6) is 5.75 Å². The summed E-state index contributed by atoms with van der Waals surface area (Å²) in [4.78, 5) is 2.29. The summed E-state index contributed by atoms with van der Waals surface area (Å²) in [7, 11) is 1.66. The molecule has 0 radical (unpaired) electrons. The van der Waals surface area contributed by atoms with Gasteiger partial charge in [-0.05, 0) is 43.6 Å². The largest absolute Gasteiger partial charge is 0.497 e. The molecule has 1 heterocycles. The molecule has 1 saturated heterocycles. The third-order valence-corrected chi connectivity index (χ3v) is 3.54. The molecule has 3 nitrogen and oxygen atoms in total. The molecule has 1 aromatic carbocycles. The highest BCUT2D eigenvalue weighted by Crippen LogP contribution is 2.26. The fraction of sp³-hybridized carbons (Fsp3) is 0.533. The predicted molar refractivity (Wildman–Crippen MR) is 71.4 cm³/mol. The lowest BCUT2D eigenvalue weighted by molar-refractivity contribution is 0.245. The van der Waals surface area contributed by atoms with Crippen LogP contribution in [0.3, 0.4) is 0 Å². The molecule has 1 aliphatic heterocycles. The van der Waals surface area contributed by atoms with E-state index in [9.17, 15) is 5.26 Å². The molecule has 0 N–H and O–H groups in total. The SMILES string of the molecule is COc1cccc(C(C#N)N2CCCCCC2)c1. The van der Waals surface area contributed by atoms with Crippen LogP contribution in [0, 0.1) is 11.3 Å². The van der Waals surface area contributed by atoms with Gasteiger partial charge in [-0.3, -0.25) is 4.90 Å². The fourth-order valence-corrected chi connectivity index (χ4v) is 2.53. The number of hydrogen-bond donors (Lipinski definition) is 0. The number of nitrogens with zero attached hydrogens (tertiary/aromatic N) is 2. The molecule has 0 aromatic heterocycles. The Morgan fingerprint density at radius 2 is 1.94 bits per heavy atom. The van der Waals surface area contributed by atoms with Gasteiger partial charge in [0.2, 0.25) is 0 Å². The zero-order valence-corrected chi connectivity index (χ0v) is 10.9. The van der Waals surface area contributed by atoms with Crippen molar-refractivity contribution in [2.45, 2.75) is 31.7 Å². The van der Waals surface area contributed by atoms with E-state index in [4.69, 9.17) is 4.74 Å². The standard InChI is InChI=1S/C15H20N2O/c1-18-14-8-6-7-13(11-14)15(12-16)17-9-4-2-3-5-10-17/h6-8,11,15H,2-5,9-10H2,1H3. The minimum absolute atomic E-state index is 0.141. The first-order valence-corrected chi connectivity index (χ1v) is 6.63. The topological polar surface area (TPSA) is 36.3 Å². The van der Waals surface area contributed by atoms with E-state index < -0.39 is 0 Å². The number of ether oxygens (including phenoxy) is 1. The van der Waals surface area contributed by atoms with Gasteiger partial charge in [0.15, 0.2) is 0 Å². The van der Waals surface area contributed by atoms with Gasteiger partial charge in [0.25, 0.3) is 0 Å². The van der Waals surface area contributed by atoms with Gasteiger partial charge in [-0.2, -0.15) is 5.26 Å². The smallest absolute Gasteiger partial charge is 0.123 e. The zero-order chi connectivity index (χ0) is 12.8. The second-order valence-electron chi connectivity index (χ2n) is 4.76. The quantitative estimate of drug-likeness (QED) is 0.819. The Morgan fingerprint density at radius 3 is 2.56 bits per heavy atom. The highest BCUT2D eigenvalue weighted by molar-refractivity contribution is 5.33. The third kappa shape index (κ3) is 3.02. The van der Waals surface area contributed by atoms with Crippen LogP contribution in [0.2, 0.25) is 0 Å². The maximum atomic E-state index is 9.45. The molecule has 18 heavy (non-hydrogen) atoms. The minimum Gasteiger partial charge on any atom is -0.497 e. The summed E-state index contributed by atoms with van der Waals surface area (Å²) >= 11 is 0. The molecular weight excluding hydrogens is 224 g/mol. The molecule has 1 aromatic rings. The Balaban J connectivity index is 2.18. The summed E-state index contributed by atoms with van der Waals surface area (Å²) < 4.78 is 5.23. The summed E-state index contributed by atoms with van der Waals surface area (Å²) in [6.07, 6.45) is 4.96. The molecule has 0 spiro atoms. The molecule has 1 unspecified atom stereocenters. The van der Waals surface area contributed by atoms with Gasteiger partial charge in [-0.1, -0.05) is 25.0 Å². The first-order chi connectivity index (χ1) is 8.85. The van der Waals surface area contributed by atoms with Crippen molar-refractivity contribution in [1.82, 2.24) is 4.90 Å². The van der Waals surface area contributed by atoms with Crippen molar-refractivity contribution in [2.75, 3.05) is 20.2 Å². The molecule has 0 aliphatic carbocycles. The fourth-order valence-electron chi connectivity index (χ4n) is 2.53. The van der Waals surface area contributed by atoms with Crippen molar-refractivity contribution in [3.8, 4) is 11.8 Å². The van der Waals surface area contributed by atoms with Gasteiger partial charge in [0.05, 0.1) is 13.2 Å². The summed E-state index contributed by atoms with van der Waals surface area (Å²) in [5.74, 6) is 0.822. The monoisotopic (exact) mass is 244 g/mol. The average molecular weight is 244 g/mol. The lowest BCUT2D eigenvalue weighted by Gasteiger charge is -2.25. The van der Waals surface area contributed by atoms with Crippen molar-refractivity contribution in [2.24, 2.45) is 0 Å². The number of benzene rings is 1. The van der Waals surface area contributed by atoms with Crippen LogP contribution >= 0.6 is 0 Å². The normalized spacial score (nSPS) is 18.7. The van der Waals surface area contributed by atoms with Crippen LogP contribution in [0.25, 0.3) is 0 Å². The van der Waals surface area contributed by atoms with E-state index in [1.165, 1.54) is 25.7 Å². The van der Waals surface area contributed by atoms with Gasteiger partial charge in [0, 0.05) is 0 Å².